The average molecular weight is 334 g/mol. The number of piperazine rings is 1. The van der Waals surface area contributed by atoms with Crippen molar-refractivity contribution in [3.63, 3.8) is 0 Å². The number of rotatable bonds is 4. The van der Waals surface area contributed by atoms with Crippen molar-refractivity contribution in [2.45, 2.75) is 4.90 Å². The Morgan fingerprint density at radius 1 is 1.38 bits per heavy atom. The van der Waals surface area contributed by atoms with Crippen LogP contribution >= 0.6 is 11.6 Å². The van der Waals surface area contributed by atoms with E-state index in [4.69, 9.17) is 16.3 Å². The molecule has 2 rings (SSSR count). The molecule has 0 atom stereocenters. The number of amides is 1. The monoisotopic (exact) mass is 333 g/mol. The molecule has 1 aromatic rings. The summed E-state index contributed by atoms with van der Waals surface area (Å²) in [6.07, 6.45) is 2.67. The highest BCUT2D eigenvalue weighted by Crippen LogP contribution is 2.24. The van der Waals surface area contributed by atoms with E-state index in [0.717, 1.165) is 0 Å². The fraction of sp³-hybridized carbons (Fsp3) is 0.500. The molecule has 1 fully saturated rings. The molecule has 0 saturated carbocycles. The van der Waals surface area contributed by atoms with E-state index in [1.165, 1.54) is 29.9 Å². The van der Waals surface area contributed by atoms with E-state index < -0.39 is 10.0 Å². The summed E-state index contributed by atoms with van der Waals surface area (Å²) < 4.78 is 31.1. The van der Waals surface area contributed by atoms with Crippen LogP contribution in [0.2, 0.25) is 5.02 Å². The van der Waals surface area contributed by atoms with Crippen LogP contribution in [0.1, 0.15) is 0 Å². The normalized spacial score (nSPS) is 17.0. The maximum atomic E-state index is 12.5. The summed E-state index contributed by atoms with van der Waals surface area (Å²) in [6.45, 7) is 1.12. The summed E-state index contributed by atoms with van der Waals surface area (Å²) in [4.78, 5) is 17.1. The Hall–Kier alpha value is -1.22. The lowest BCUT2D eigenvalue weighted by atomic mass is 10.3. The van der Waals surface area contributed by atoms with Crippen LogP contribution in [0.15, 0.2) is 23.4 Å². The van der Waals surface area contributed by atoms with Crippen LogP contribution < -0.4 is 0 Å². The van der Waals surface area contributed by atoms with Gasteiger partial charge in [0, 0.05) is 45.7 Å². The van der Waals surface area contributed by atoms with Crippen LogP contribution in [0, 0.1) is 0 Å². The van der Waals surface area contributed by atoms with Crippen molar-refractivity contribution in [3.05, 3.63) is 23.5 Å². The van der Waals surface area contributed by atoms with Crippen molar-refractivity contribution in [2.24, 2.45) is 0 Å². The molecule has 1 amide bonds. The van der Waals surface area contributed by atoms with Crippen LogP contribution in [0.5, 0.6) is 0 Å². The van der Waals surface area contributed by atoms with E-state index in [2.05, 4.69) is 4.98 Å². The van der Waals surface area contributed by atoms with Gasteiger partial charge < -0.3 is 9.64 Å². The molecule has 0 unspecified atom stereocenters. The second kappa shape index (κ2) is 6.69. The number of aromatic nitrogens is 1. The first-order valence-electron chi connectivity index (χ1n) is 6.33. The lowest BCUT2D eigenvalue weighted by Crippen LogP contribution is -2.51. The molecule has 0 radical (unpaired) electrons. The summed E-state index contributed by atoms with van der Waals surface area (Å²) in [7, 11) is -2.24. The maximum Gasteiger partial charge on any atom is 0.248 e. The molecule has 9 heteroatoms. The van der Waals surface area contributed by atoms with Gasteiger partial charge in [0.15, 0.2) is 0 Å². The Bertz CT molecular complexity index is 615. The highest BCUT2D eigenvalue weighted by atomic mass is 35.5. The minimum absolute atomic E-state index is 0.00117. The molecule has 0 spiro atoms. The van der Waals surface area contributed by atoms with Crippen LogP contribution in [-0.4, -0.2) is 68.4 Å². The van der Waals surface area contributed by atoms with Crippen LogP contribution in [-0.2, 0) is 19.6 Å². The maximum absolute atomic E-state index is 12.5. The second-order valence-corrected chi connectivity index (χ2v) is 6.84. The van der Waals surface area contributed by atoms with Gasteiger partial charge in [-0.1, -0.05) is 11.6 Å². The van der Waals surface area contributed by atoms with E-state index in [-0.39, 0.29) is 35.5 Å². The van der Waals surface area contributed by atoms with Gasteiger partial charge in [-0.15, -0.1) is 0 Å². The van der Waals surface area contributed by atoms with Gasteiger partial charge in [0.05, 0.1) is 5.02 Å². The molecule has 0 N–H and O–H groups in total. The Morgan fingerprint density at radius 2 is 2.05 bits per heavy atom. The highest BCUT2D eigenvalue weighted by Gasteiger charge is 2.31. The number of halogens is 1. The van der Waals surface area contributed by atoms with Crippen molar-refractivity contribution >= 4 is 27.5 Å². The fourth-order valence-electron chi connectivity index (χ4n) is 2.08. The van der Waals surface area contributed by atoms with Crippen molar-refractivity contribution in [1.82, 2.24) is 14.2 Å². The molecule has 7 nitrogen and oxygen atoms in total. The Kier molecular flexibility index (Phi) is 5.15. The van der Waals surface area contributed by atoms with E-state index >= 15 is 0 Å². The van der Waals surface area contributed by atoms with E-state index in [9.17, 15) is 13.2 Å². The molecule has 1 aliphatic heterocycles. The number of ether oxygens (including phenoxy) is 1. The molecular formula is C12H16ClN3O4S. The summed E-state index contributed by atoms with van der Waals surface area (Å²) >= 11 is 5.92. The predicted molar refractivity (Wildman–Crippen MR) is 76.5 cm³/mol. The highest BCUT2D eigenvalue weighted by molar-refractivity contribution is 7.89. The van der Waals surface area contributed by atoms with Gasteiger partial charge in [-0.2, -0.15) is 4.31 Å². The molecule has 116 valence electrons. The standard InChI is InChI=1S/C12H16ClN3O4S/c1-20-9-12(17)15-4-6-16(7-5-15)21(18,19)11-8-14-3-2-10(11)13/h2-3,8H,4-7,9H2,1H3. The quantitative estimate of drug-likeness (QED) is 0.787. The first-order valence-corrected chi connectivity index (χ1v) is 8.15. The summed E-state index contributed by atoms with van der Waals surface area (Å²) in [5, 5.41) is 0.142. The number of hydrogen-bond acceptors (Lipinski definition) is 5. The van der Waals surface area contributed by atoms with Crippen LogP contribution in [0.4, 0.5) is 0 Å². The van der Waals surface area contributed by atoms with Gasteiger partial charge in [-0.05, 0) is 6.07 Å². The Labute approximate surface area is 128 Å². The lowest BCUT2D eigenvalue weighted by molar-refractivity contribution is -0.136. The molecule has 2 heterocycles. The van der Waals surface area contributed by atoms with Gasteiger partial charge >= 0.3 is 0 Å². The van der Waals surface area contributed by atoms with Crippen LogP contribution in [0.25, 0.3) is 0 Å². The van der Waals surface area contributed by atoms with Crippen molar-refractivity contribution in [3.8, 4) is 0 Å². The van der Waals surface area contributed by atoms with Gasteiger partial charge in [0.1, 0.15) is 11.5 Å². The smallest absolute Gasteiger partial charge is 0.248 e. The Morgan fingerprint density at radius 3 is 2.62 bits per heavy atom. The number of sulfonamides is 1. The third-order valence-electron chi connectivity index (χ3n) is 3.21. The van der Waals surface area contributed by atoms with E-state index in [1.807, 2.05) is 0 Å². The van der Waals surface area contributed by atoms with Crippen molar-refractivity contribution in [1.29, 1.82) is 0 Å². The Balaban J connectivity index is 2.08. The predicted octanol–water partition coefficient (Wildman–Crippen LogP) is 0.214. The number of pyridine rings is 1. The van der Waals surface area contributed by atoms with Gasteiger partial charge in [-0.3, -0.25) is 9.78 Å². The van der Waals surface area contributed by atoms with Crippen molar-refractivity contribution < 1.29 is 17.9 Å². The molecule has 1 aliphatic rings. The average Bonchev–Trinajstić information content (AvgIpc) is 2.48. The molecule has 1 aromatic heterocycles. The van der Waals surface area contributed by atoms with Crippen molar-refractivity contribution in [2.75, 3.05) is 39.9 Å². The topological polar surface area (TPSA) is 79.8 Å². The molecule has 0 bridgehead atoms. The van der Waals surface area contributed by atoms with Gasteiger partial charge in [0.2, 0.25) is 15.9 Å². The number of nitrogens with zero attached hydrogens (tertiary/aromatic N) is 3. The van der Waals surface area contributed by atoms with Gasteiger partial charge in [-0.25, -0.2) is 8.42 Å². The zero-order chi connectivity index (χ0) is 15.5. The van der Waals surface area contributed by atoms with E-state index in [1.54, 1.807) is 4.90 Å². The molecule has 0 aromatic carbocycles. The largest absolute Gasteiger partial charge is 0.375 e. The van der Waals surface area contributed by atoms with E-state index in [0.29, 0.717) is 13.1 Å². The summed E-state index contributed by atoms with van der Waals surface area (Å²) in [5.41, 5.74) is 0. The minimum atomic E-state index is -3.68. The first-order chi connectivity index (χ1) is 9.96. The first kappa shape index (κ1) is 16.2. The lowest BCUT2D eigenvalue weighted by Gasteiger charge is -2.33. The SMILES string of the molecule is COCC(=O)N1CCN(S(=O)(=O)c2cnccc2Cl)CC1. The molecule has 21 heavy (non-hydrogen) atoms. The molecule has 0 aliphatic carbocycles. The fourth-order valence-corrected chi connectivity index (χ4v) is 3.91. The summed E-state index contributed by atoms with van der Waals surface area (Å²) in [6, 6.07) is 1.44. The third kappa shape index (κ3) is 3.52. The minimum Gasteiger partial charge on any atom is -0.375 e. The number of methoxy groups -OCH3 is 1. The third-order valence-corrected chi connectivity index (χ3v) is 5.58. The summed E-state index contributed by atoms with van der Waals surface area (Å²) in [5.74, 6) is -0.144. The van der Waals surface area contributed by atoms with Gasteiger partial charge in [0.25, 0.3) is 0 Å². The second-order valence-electron chi connectivity index (χ2n) is 4.52. The van der Waals surface area contributed by atoms with Crippen LogP contribution in [0.3, 0.4) is 0 Å². The zero-order valence-corrected chi connectivity index (χ0v) is 13.1. The number of carbonyl (C=O) groups excluding carboxylic acids is 1. The number of carbonyl (C=O) groups is 1. The molecule has 1 saturated heterocycles. The number of hydrogen-bond donors (Lipinski definition) is 0. The zero-order valence-electron chi connectivity index (χ0n) is 11.5. The molecular weight excluding hydrogens is 318 g/mol.